The van der Waals surface area contributed by atoms with E-state index in [0.717, 1.165) is 11.1 Å². The Labute approximate surface area is 371 Å². The number of nitrogens with one attached hydrogen (secondary N) is 3. The number of hydrogen-bond acceptors (Lipinski definition) is 11. The molecule has 6 amide bonds. The van der Waals surface area contributed by atoms with Crippen LogP contribution < -0.4 is 20.7 Å². The predicted octanol–water partition coefficient (Wildman–Crippen LogP) is 4.56. The van der Waals surface area contributed by atoms with Crippen molar-refractivity contribution in [3.05, 3.63) is 77.2 Å². The smallest absolute Gasteiger partial charge is 0.274 e. The molecule has 63 heavy (non-hydrogen) atoms. The number of ether oxygens (including phenoxy) is 1. The fourth-order valence-electron chi connectivity index (χ4n) is 8.78. The van der Waals surface area contributed by atoms with Crippen LogP contribution in [0.5, 0.6) is 5.75 Å². The zero-order valence-electron chi connectivity index (χ0n) is 36.5. The number of fused-ring (bicyclic) bond motifs is 8. The number of carbonyl (C=O) groups excluding carboxylic acids is 6. The number of hydrogen-bond donors (Lipinski definition) is 3. The van der Waals surface area contributed by atoms with E-state index in [1.807, 2.05) is 20.8 Å². The molecule has 2 aromatic heterocycles. The van der Waals surface area contributed by atoms with Gasteiger partial charge in [0.15, 0.2) is 11.4 Å². The summed E-state index contributed by atoms with van der Waals surface area (Å²) in [4.78, 5) is 98.4. The molecule has 18 heteroatoms. The van der Waals surface area contributed by atoms with Crippen molar-refractivity contribution in [2.75, 3.05) is 26.2 Å². The third kappa shape index (κ3) is 9.77. The predicted molar refractivity (Wildman–Crippen MR) is 230 cm³/mol. The van der Waals surface area contributed by atoms with Crippen LogP contribution in [0.15, 0.2) is 51.5 Å². The maximum absolute atomic E-state index is 14.7. The van der Waals surface area contributed by atoms with Crippen molar-refractivity contribution in [1.29, 1.82) is 0 Å². The van der Waals surface area contributed by atoms with Crippen molar-refractivity contribution in [1.82, 2.24) is 40.6 Å². The normalized spacial score (nSPS) is 26.0. The van der Waals surface area contributed by atoms with Crippen LogP contribution in [-0.4, -0.2) is 116 Å². The highest BCUT2D eigenvalue weighted by molar-refractivity contribution is 6.22. The summed E-state index contributed by atoms with van der Waals surface area (Å²) >= 11 is 6.31. The van der Waals surface area contributed by atoms with E-state index in [2.05, 4.69) is 32.5 Å². The molecule has 17 nitrogen and oxygen atoms in total. The van der Waals surface area contributed by atoms with Gasteiger partial charge in [-0.2, -0.15) is 0 Å². The van der Waals surface area contributed by atoms with Crippen LogP contribution in [0.3, 0.4) is 0 Å². The van der Waals surface area contributed by atoms with Crippen LogP contribution in [0.25, 0.3) is 0 Å². The second-order valence-corrected chi connectivity index (χ2v) is 17.7. The van der Waals surface area contributed by atoms with Gasteiger partial charge in [-0.25, -0.2) is 9.97 Å². The van der Waals surface area contributed by atoms with Gasteiger partial charge < -0.3 is 44.2 Å². The molecular formula is C45H57ClN8O9. The van der Waals surface area contributed by atoms with Gasteiger partial charge in [0.1, 0.15) is 60.6 Å². The average Bonchev–Trinajstić information content (AvgIpc) is 4.13. The number of nitrogens with zero attached hydrogens (tertiary/aromatic N) is 5. The molecule has 338 valence electrons. The molecule has 7 rings (SSSR count). The number of rotatable bonds is 8. The van der Waals surface area contributed by atoms with E-state index >= 15 is 0 Å². The van der Waals surface area contributed by atoms with Gasteiger partial charge in [-0.05, 0) is 82.9 Å². The average molecular weight is 889 g/mol. The summed E-state index contributed by atoms with van der Waals surface area (Å²) < 4.78 is 17.8. The minimum absolute atomic E-state index is 0.0454. The first-order valence-corrected chi connectivity index (χ1v) is 22.4. The van der Waals surface area contributed by atoms with Crippen LogP contribution in [0.1, 0.15) is 129 Å². The fraction of sp³-hybridized carbons (Fsp3) is 0.556. The lowest BCUT2D eigenvalue weighted by molar-refractivity contribution is -0.147. The Balaban J connectivity index is 1.23. The molecular weight excluding hydrogens is 832 g/mol. The zero-order valence-corrected chi connectivity index (χ0v) is 37.2. The van der Waals surface area contributed by atoms with Crippen molar-refractivity contribution in [2.24, 2.45) is 5.92 Å². The summed E-state index contributed by atoms with van der Waals surface area (Å²) in [5, 5.41) is 8.35. The summed E-state index contributed by atoms with van der Waals surface area (Å²) in [6.45, 7) is 13.9. The van der Waals surface area contributed by atoms with Crippen molar-refractivity contribution in [3.8, 4) is 5.75 Å². The van der Waals surface area contributed by atoms with E-state index in [4.69, 9.17) is 25.2 Å². The lowest BCUT2D eigenvalue weighted by atomic mass is 9.98. The van der Waals surface area contributed by atoms with Gasteiger partial charge in [-0.3, -0.25) is 28.8 Å². The number of carbonyl (C=O) groups is 6. The van der Waals surface area contributed by atoms with Gasteiger partial charge in [0, 0.05) is 26.1 Å². The third-order valence-corrected chi connectivity index (χ3v) is 13.2. The number of amides is 6. The largest absolute Gasteiger partial charge is 0.492 e. The number of alkyl halides is 1. The Morgan fingerprint density at radius 2 is 1.49 bits per heavy atom. The Morgan fingerprint density at radius 1 is 0.857 bits per heavy atom. The van der Waals surface area contributed by atoms with Crippen LogP contribution in [-0.2, 0) is 25.6 Å². The van der Waals surface area contributed by atoms with Gasteiger partial charge in [0.05, 0.1) is 5.38 Å². The molecule has 0 radical (unpaired) electrons. The van der Waals surface area contributed by atoms with Crippen LogP contribution in [0.4, 0.5) is 0 Å². The summed E-state index contributed by atoms with van der Waals surface area (Å²) in [7, 11) is 0. The second kappa shape index (κ2) is 19.4. The molecule has 3 fully saturated rings. The molecule has 0 saturated carbocycles. The Morgan fingerprint density at radius 3 is 2.16 bits per heavy atom. The van der Waals surface area contributed by atoms with E-state index < -0.39 is 65.8 Å². The quantitative estimate of drug-likeness (QED) is 0.211. The summed E-state index contributed by atoms with van der Waals surface area (Å²) in [5.74, 6) is -2.04. The lowest BCUT2D eigenvalue weighted by Crippen LogP contribution is -2.56. The highest BCUT2D eigenvalue weighted by Crippen LogP contribution is 2.34. The van der Waals surface area contributed by atoms with E-state index in [0.29, 0.717) is 70.3 Å². The second-order valence-electron chi connectivity index (χ2n) is 17.2. The van der Waals surface area contributed by atoms with Crippen molar-refractivity contribution in [2.45, 2.75) is 128 Å². The monoisotopic (exact) mass is 888 g/mol. The number of oxazole rings is 2. The molecule has 0 aliphatic carbocycles. The highest BCUT2D eigenvalue weighted by Gasteiger charge is 2.44. The molecule has 3 aromatic rings. The number of aromatic nitrogens is 2. The molecule has 1 aromatic carbocycles. The Hall–Kier alpha value is -5.71. The molecule has 3 N–H and O–H groups in total. The van der Waals surface area contributed by atoms with E-state index in [1.165, 1.54) is 11.2 Å². The Bertz CT molecular complexity index is 2220. The highest BCUT2D eigenvalue weighted by atomic mass is 35.5. The van der Waals surface area contributed by atoms with Crippen molar-refractivity contribution in [3.63, 3.8) is 0 Å². The topological polar surface area (TPSA) is 210 Å². The van der Waals surface area contributed by atoms with Crippen LogP contribution in [0.2, 0.25) is 0 Å². The first kappa shape index (κ1) is 45.3. The minimum Gasteiger partial charge on any atom is -0.492 e. The molecule has 6 heterocycles. The molecule has 0 spiro atoms. The van der Waals surface area contributed by atoms with Gasteiger partial charge in [0.25, 0.3) is 11.8 Å². The molecule has 4 aliphatic rings. The molecule has 4 bridgehead atoms. The molecule has 4 aliphatic heterocycles. The lowest BCUT2D eigenvalue weighted by Gasteiger charge is -2.33. The molecule has 0 unspecified atom stereocenters. The minimum atomic E-state index is -1.10. The first-order valence-electron chi connectivity index (χ1n) is 21.9. The summed E-state index contributed by atoms with van der Waals surface area (Å²) in [5.41, 5.74) is 1.38. The number of benzene rings is 1. The summed E-state index contributed by atoms with van der Waals surface area (Å²) in [6.07, 6.45) is 5.00. The maximum atomic E-state index is 14.7. The number of aryl methyl sites for hydroxylation is 1. The van der Waals surface area contributed by atoms with Gasteiger partial charge >= 0.3 is 0 Å². The zero-order chi connectivity index (χ0) is 45.1. The van der Waals surface area contributed by atoms with Gasteiger partial charge in [-0.15, -0.1) is 11.6 Å². The van der Waals surface area contributed by atoms with Gasteiger partial charge in [-0.1, -0.05) is 44.6 Å². The summed E-state index contributed by atoms with van der Waals surface area (Å²) in [6, 6.07) is 2.02. The van der Waals surface area contributed by atoms with Gasteiger partial charge in [0.2, 0.25) is 35.4 Å². The molecule has 3 saturated heterocycles. The van der Waals surface area contributed by atoms with Crippen molar-refractivity contribution >= 4 is 47.0 Å². The SMILES string of the molecule is C=C(C)[C@H](Cl)COc1ccc(C[C@@H]2NC(=O)c3nc(oc3C)[C@H]([C@@H](C)CC)NC(=O)[C@@H]3CCCN3C(=O)[C@@H]3CCCN3C(=O)[C@H](C)NC(=O)c3coc(n3)[C@@H]3CCCN3C2=O)cc1. The maximum Gasteiger partial charge on any atom is 0.274 e. The third-order valence-electron chi connectivity index (χ3n) is 12.7. The first-order chi connectivity index (χ1) is 30.1. The fourth-order valence-corrected chi connectivity index (χ4v) is 8.85. The van der Waals surface area contributed by atoms with Crippen molar-refractivity contribution < 1.29 is 42.3 Å². The van der Waals surface area contributed by atoms with E-state index in [1.54, 1.807) is 47.9 Å². The van der Waals surface area contributed by atoms with E-state index in [9.17, 15) is 28.8 Å². The van der Waals surface area contributed by atoms with E-state index in [-0.39, 0.29) is 59.2 Å². The standard InChI is InChI=1S/C45H57ClN8O9/c1-7-25(4)36-42-51-37(27(6)63-42)40(57)48-31(21-28-14-16-29(17-15-28)61-22-30(46)24(2)3)44(59)53-19-9-12-34(53)41-49-32(23-62-41)38(55)47-26(5)43(58)54-20-10-13-35(54)45(60)52-18-8-11-33(52)39(56)50-36/h14-17,23,25-26,30-31,33-36H,2,7-13,18-22H2,1,3-6H3,(H,47,55)(H,48,57)(H,50,56)/t25-,26-,30+,31-,33-,34-,35-,36-/m0/s1. The number of halogens is 1. The van der Waals surface area contributed by atoms with Crippen LogP contribution in [0, 0.1) is 12.8 Å². The molecule has 8 atom stereocenters. The van der Waals surface area contributed by atoms with Crippen LogP contribution >= 0.6 is 11.6 Å². The Kier molecular flexibility index (Phi) is 13.9.